The number of carbonyl (C=O) groups excluding carboxylic acids is 3. The average molecular weight is 427 g/mol. The van der Waals surface area contributed by atoms with Crippen molar-refractivity contribution in [2.45, 2.75) is 39.2 Å². The van der Waals surface area contributed by atoms with Gasteiger partial charge in [0.1, 0.15) is 0 Å². The predicted molar refractivity (Wildman–Crippen MR) is 121 cm³/mol. The lowest BCUT2D eigenvalue weighted by atomic mass is 9.82. The summed E-state index contributed by atoms with van der Waals surface area (Å²) in [5.41, 5.74) is 6.55. The third-order valence-electron chi connectivity index (χ3n) is 5.01. The van der Waals surface area contributed by atoms with Gasteiger partial charge in [0, 0.05) is 6.42 Å². The molecule has 0 aliphatic carbocycles. The first-order valence-electron chi connectivity index (χ1n) is 10.2. The molecule has 2 aromatic rings. The number of amides is 2. The number of nitrogens with two attached hydrogens (primary N) is 1. The SMILES string of the molecule is C=CC[C@H](C(N)=O)[C@@H](CC(C)C)C(=O)NC(Cc1ccccc1)C(=O)c1cccs1. The summed E-state index contributed by atoms with van der Waals surface area (Å²) in [6, 6.07) is 12.4. The fourth-order valence-corrected chi connectivity index (χ4v) is 4.27. The summed E-state index contributed by atoms with van der Waals surface area (Å²) < 4.78 is 0. The second-order valence-electron chi connectivity index (χ2n) is 7.86. The van der Waals surface area contributed by atoms with Crippen LogP contribution in [0.15, 0.2) is 60.5 Å². The Morgan fingerprint density at radius 1 is 1.10 bits per heavy atom. The molecule has 1 aromatic heterocycles. The van der Waals surface area contributed by atoms with E-state index in [0.717, 1.165) is 5.56 Å². The number of Topliss-reactive ketones (excluding diaryl/α,β-unsaturated/α-hetero) is 1. The van der Waals surface area contributed by atoms with Gasteiger partial charge in [-0.2, -0.15) is 0 Å². The number of primary amides is 1. The lowest BCUT2D eigenvalue weighted by molar-refractivity contribution is -0.134. The molecule has 2 rings (SSSR count). The average Bonchev–Trinajstić information content (AvgIpc) is 3.24. The Morgan fingerprint density at radius 2 is 1.80 bits per heavy atom. The summed E-state index contributed by atoms with van der Waals surface area (Å²) in [5, 5.41) is 4.77. The molecule has 3 N–H and O–H groups in total. The molecule has 0 aliphatic heterocycles. The molecule has 0 spiro atoms. The molecule has 0 bridgehead atoms. The van der Waals surface area contributed by atoms with E-state index < -0.39 is 23.8 Å². The van der Waals surface area contributed by atoms with Crippen molar-refractivity contribution < 1.29 is 14.4 Å². The van der Waals surface area contributed by atoms with Gasteiger partial charge in [-0.3, -0.25) is 14.4 Å². The number of rotatable bonds is 12. The fraction of sp³-hybridized carbons (Fsp3) is 0.375. The topological polar surface area (TPSA) is 89.3 Å². The van der Waals surface area contributed by atoms with E-state index in [1.807, 2.05) is 55.6 Å². The smallest absolute Gasteiger partial charge is 0.224 e. The lowest BCUT2D eigenvalue weighted by Gasteiger charge is -2.27. The van der Waals surface area contributed by atoms with E-state index in [2.05, 4.69) is 11.9 Å². The van der Waals surface area contributed by atoms with E-state index >= 15 is 0 Å². The third kappa shape index (κ3) is 6.66. The Labute approximate surface area is 182 Å². The van der Waals surface area contributed by atoms with E-state index in [9.17, 15) is 14.4 Å². The first kappa shape index (κ1) is 23.5. The van der Waals surface area contributed by atoms with Gasteiger partial charge < -0.3 is 11.1 Å². The van der Waals surface area contributed by atoms with Gasteiger partial charge in [0.05, 0.1) is 22.8 Å². The normalized spacial score (nSPS) is 14.0. The number of nitrogens with one attached hydrogen (secondary N) is 1. The largest absolute Gasteiger partial charge is 0.369 e. The van der Waals surface area contributed by atoms with Crippen molar-refractivity contribution in [1.29, 1.82) is 0 Å². The molecule has 1 aromatic carbocycles. The summed E-state index contributed by atoms with van der Waals surface area (Å²) >= 11 is 1.35. The number of thiophene rings is 1. The maximum absolute atomic E-state index is 13.3. The van der Waals surface area contributed by atoms with E-state index in [4.69, 9.17) is 5.73 Å². The Kier molecular flexibility index (Phi) is 8.99. The monoisotopic (exact) mass is 426 g/mol. The van der Waals surface area contributed by atoms with Crippen LogP contribution in [0, 0.1) is 17.8 Å². The highest BCUT2D eigenvalue weighted by Gasteiger charge is 2.34. The molecular weight excluding hydrogens is 396 g/mol. The standard InChI is InChI=1S/C24H30N2O3S/c1-4-9-18(23(25)28)19(14-16(2)3)24(29)26-20(15-17-10-6-5-7-11-17)22(27)21-12-8-13-30-21/h4-8,10-13,16,18-20H,1,9,14-15H2,2-3H3,(H2,25,28)(H,26,29)/t18-,19+,20?/m0/s1. The summed E-state index contributed by atoms with van der Waals surface area (Å²) in [6.07, 6.45) is 2.80. The van der Waals surface area contributed by atoms with Crippen LogP contribution < -0.4 is 11.1 Å². The molecule has 0 fully saturated rings. The fourth-order valence-electron chi connectivity index (χ4n) is 3.55. The van der Waals surface area contributed by atoms with Crippen molar-refractivity contribution in [2.24, 2.45) is 23.5 Å². The number of hydrogen-bond donors (Lipinski definition) is 2. The van der Waals surface area contributed by atoms with Crippen molar-refractivity contribution in [2.75, 3.05) is 0 Å². The van der Waals surface area contributed by atoms with Crippen LogP contribution in [-0.4, -0.2) is 23.6 Å². The number of carbonyl (C=O) groups is 3. The van der Waals surface area contributed by atoms with Crippen molar-refractivity contribution in [3.63, 3.8) is 0 Å². The second kappa shape index (κ2) is 11.5. The summed E-state index contributed by atoms with van der Waals surface area (Å²) in [6.45, 7) is 7.67. The zero-order chi connectivity index (χ0) is 22.1. The molecule has 2 amide bonds. The molecule has 1 heterocycles. The van der Waals surface area contributed by atoms with E-state index in [-0.39, 0.29) is 17.6 Å². The summed E-state index contributed by atoms with van der Waals surface area (Å²) in [4.78, 5) is 39.0. The highest BCUT2D eigenvalue weighted by Crippen LogP contribution is 2.25. The molecule has 6 heteroatoms. The second-order valence-corrected chi connectivity index (χ2v) is 8.81. The first-order chi connectivity index (χ1) is 14.3. The first-order valence-corrected chi connectivity index (χ1v) is 11.0. The van der Waals surface area contributed by atoms with Gasteiger partial charge in [-0.1, -0.05) is 56.3 Å². The van der Waals surface area contributed by atoms with Crippen LogP contribution in [0.25, 0.3) is 0 Å². The van der Waals surface area contributed by atoms with Crippen molar-refractivity contribution in [3.8, 4) is 0 Å². The zero-order valence-electron chi connectivity index (χ0n) is 17.5. The number of allylic oxidation sites excluding steroid dienone is 1. The molecule has 160 valence electrons. The molecule has 30 heavy (non-hydrogen) atoms. The Morgan fingerprint density at radius 3 is 2.33 bits per heavy atom. The maximum atomic E-state index is 13.3. The Hall–Kier alpha value is -2.73. The highest BCUT2D eigenvalue weighted by atomic mass is 32.1. The minimum atomic E-state index is -0.717. The van der Waals surface area contributed by atoms with Crippen LogP contribution in [0.2, 0.25) is 0 Å². The predicted octanol–water partition coefficient (Wildman–Crippen LogP) is 4.00. The minimum absolute atomic E-state index is 0.134. The van der Waals surface area contributed by atoms with Crippen LogP contribution in [0.1, 0.15) is 41.9 Å². The quantitative estimate of drug-likeness (QED) is 0.397. The number of hydrogen-bond acceptors (Lipinski definition) is 4. The number of benzene rings is 1. The van der Waals surface area contributed by atoms with Crippen LogP contribution in [0.3, 0.4) is 0 Å². The van der Waals surface area contributed by atoms with Gasteiger partial charge >= 0.3 is 0 Å². The van der Waals surface area contributed by atoms with Gasteiger partial charge in [0.25, 0.3) is 0 Å². The van der Waals surface area contributed by atoms with Crippen LogP contribution >= 0.6 is 11.3 Å². The third-order valence-corrected chi connectivity index (χ3v) is 5.90. The van der Waals surface area contributed by atoms with Crippen molar-refractivity contribution >= 4 is 28.9 Å². The lowest BCUT2D eigenvalue weighted by Crippen LogP contribution is -2.48. The molecule has 1 unspecified atom stereocenters. The molecule has 0 saturated carbocycles. The number of ketones is 1. The van der Waals surface area contributed by atoms with E-state index in [1.54, 1.807) is 12.1 Å². The Bertz CT molecular complexity index is 847. The van der Waals surface area contributed by atoms with E-state index in [1.165, 1.54) is 11.3 Å². The summed E-state index contributed by atoms with van der Waals surface area (Å²) in [7, 11) is 0. The Balaban J connectivity index is 2.29. The molecule has 5 nitrogen and oxygen atoms in total. The molecule has 3 atom stereocenters. The van der Waals surface area contributed by atoms with Crippen LogP contribution in [0.5, 0.6) is 0 Å². The van der Waals surface area contributed by atoms with Gasteiger partial charge in [0.15, 0.2) is 5.78 Å². The van der Waals surface area contributed by atoms with Gasteiger partial charge in [-0.15, -0.1) is 17.9 Å². The van der Waals surface area contributed by atoms with Gasteiger partial charge in [0.2, 0.25) is 11.8 Å². The molecule has 0 aliphatic rings. The highest BCUT2D eigenvalue weighted by molar-refractivity contribution is 7.12. The van der Waals surface area contributed by atoms with Gasteiger partial charge in [-0.05, 0) is 35.8 Å². The van der Waals surface area contributed by atoms with Crippen molar-refractivity contribution in [1.82, 2.24) is 5.32 Å². The van der Waals surface area contributed by atoms with E-state index in [0.29, 0.717) is 24.1 Å². The van der Waals surface area contributed by atoms with Gasteiger partial charge in [-0.25, -0.2) is 0 Å². The molecule has 0 radical (unpaired) electrons. The summed E-state index contributed by atoms with van der Waals surface area (Å²) in [5.74, 6) is -2.06. The van der Waals surface area contributed by atoms with Crippen molar-refractivity contribution in [3.05, 3.63) is 70.9 Å². The minimum Gasteiger partial charge on any atom is -0.369 e. The maximum Gasteiger partial charge on any atom is 0.224 e. The van der Waals surface area contributed by atoms with Crippen LogP contribution in [0.4, 0.5) is 0 Å². The van der Waals surface area contributed by atoms with Crippen LogP contribution in [-0.2, 0) is 16.0 Å². The molecular formula is C24H30N2O3S. The molecule has 0 saturated heterocycles. The zero-order valence-corrected chi connectivity index (χ0v) is 18.4.